The van der Waals surface area contributed by atoms with Crippen molar-refractivity contribution in [1.29, 1.82) is 0 Å². The van der Waals surface area contributed by atoms with Crippen molar-refractivity contribution in [2.24, 2.45) is 0 Å². The topological polar surface area (TPSA) is 60.8 Å². The van der Waals surface area contributed by atoms with Crippen LogP contribution in [0.5, 0.6) is 0 Å². The van der Waals surface area contributed by atoms with Gasteiger partial charge in [-0.25, -0.2) is 4.39 Å². The van der Waals surface area contributed by atoms with Gasteiger partial charge in [-0.3, -0.25) is 4.79 Å². The molecule has 2 atom stereocenters. The molecule has 0 aromatic heterocycles. The zero-order chi connectivity index (χ0) is 13.2. The van der Waals surface area contributed by atoms with Crippen molar-refractivity contribution in [3.63, 3.8) is 0 Å². The Bertz CT molecular complexity index is 423. The van der Waals surface area contributed by atoms with E-state index in [4.69, 9.17) is 0 Å². The Labute approximate surface area is 105 Å². The number of piperidine rings is 1. The Morgan fingerprint density at radius 2 is 2.11 bits per heavy atom. The van der Waals surface area contributed by atoms with Gasteiger partial charge in [-0.15, -0.1) is 0 Å². The van der Waals surface area contributed by atoms with Crippen LogP contribution in [0.25, 0.3) is 0 Å². The third-order valence-corrected chi connectivity index (χ3v) is 3.15. The van der Waals surface area contributed by atoms with E-state index in [0.717, 1.165) is 5.56 Å². The van der Waals surface area contributed by atoms with Crippen LogP contribution in [-0.2, 0) is 11.2 Å². The number of aliphatic hydroxyl groups is 2. The lowest BCUT2D eigenvalue weighted by atomic mass is 9.85. The summed E-state index contributed by atoms with van der Waals surface area (Å²) in [5.74, 6) is -0.330. The number of rotatable bonds is 3. The highest BCUT2D eigenvalue weighted by molar-refractivity contribution is 5.47. The van der Waals surface area contributed by atoms with E-state index < -0.39 is 11.7 Å². The molecule has 1 aromatic carbocycles. The summed E-state index contributed by atoms with van der Waals surface area (Å²) in [6, 6.07) is 5.85. The van der Waals surface area contributed by atoms with E-state index in [1.54, 1.807) is 12.1 Å². The van der Waals surface area contributed by atoms with Crippen LogP contribution in [0.1, 0.15) is 12.0 Å². The summed E-state index contributed by atoms with van der Waals surface area (Å²) < 4.78 is 12.8. The number of hydrogen-bond donors (Lipinski definition) is 2. The second-order valence-electron chi connectivity index (χ2n) is 4.92. The number of likely N-dealkylation sites (tertiary alicyclic amines) is 1. The van der Waals surface area contributed by atoms with E-state index in [9.17, 15) is 19.4 Å². The first-order chi connectivity index (χ1) is 8.50. The summed E-state index contributed by atoms with van der Waals surface area (Å²) in [5.41, 5.74) is -0.380. The number of halogens is 1. The maximum absolute atomic E-state index is 12.8. The van der Waals surface area contributed by atoms with Gasteiger partial charge in [0.05, 0.1) is 11.7 Å². The molecule has 0 spiro atoms. The number of hydrogen-bond acceptors (Lipinski definition) is 3. The number of nitrogens with zero attached hydrogens (tertiary/aromatic N) is 1. The molecular weight excluding hydrogens is 237 g/mol. The molecule has 0 saturated carbocycles. The Hall–Kier alpha value is -1.46. The van der Waals surface area contributed by atoms with Gasteiger partial charge in [0.2, 0.25) is 6.41 Å². The molecule has 4 nitrogen and oxygen atoms in total. The Kier molecular flexibility index (Phi) is 3.63. The second kappa shape index (κ2) is 5.04. The lowest BCUT2D eigenvalue weighted by Gasteiger charge is -2.40. The van der Waals surface area contributed by atoms with Gasteiger partial charge in [-0.05, 0) is 17.7 Å². The van der Waals surface area contributed by atoms with Gasteiger partial charge in [0, 0.05) is 25.9 Å². The Morgan fingerprint density at radius 3 is 2.72 bits per heavy atom. The largest absolute Gasteiger partial charge is 0.391 e. The summed E-state index contributed by atoms with van der Waals surface area (Å²) in [4.78, 5) is 12.1. The standard InChI is InChI=1S/C13H16FNO3/c14-11-3-1-10(2-4-11)5-13(18)6-12(17)7-15(8-13)9-16/h1-4,9,12,17-18H,5-8H2. The third kappa shape index (κ3) is 3.05. The summed E-state index contributed by atoms with van der Waals surface area (Å²) in [6.45, 7) is 0.431. The van der Waals surface area contributed by atoms with Crippen LogP contribution in [0.4, 0.5) is 4.39 Å². The van der Waals surface area contributed by atoms with E-state index in [2.05, 4.69) is 0 Å². The fraction of sp³-hybridized carbons (Fsp3) is 0.462. The van der Waals surface area contributed by atoms with Crippen LogP contribution in [0.15, 0.2) is 24.3 Å². The number of benzene rings is 1. The van der Waals surface area contributed by atoms with Gasteiger partial charge in [0.15, 0.2) is 0 Å². The molecule has 18 heavy (non-hydrogen) atoms. The first-order valence-electron chi connectivity index (χ1n) is 5.85. The lowest BCUT2D eigenvalue weighted by Crippen LogP contribution is -2.54. The molecule has 5 heteroatoms. The number of aliphatic hydroxyl groups excluding tert-OH is 1. The number of carbonyl (C=O) groups excluding carboxylic acids is 1. The SMILES string of the molecule is O=CN1CC(O)CC(O)(Cc2ccc(F)cc2)C1. The normalized spacial score (nSPS) is 28.2. The molecule has 2 unspecified atom stereocenters. The summed E-state index contributed by atoms with van der Waals surface area (Å²) in [5, 5.41) is 20.1. The molecule has 1 fully saturated rings. The Morgan fingerprint density at radius 1 is 1.44 bits per heavy atom. The average Bonchev–Trinajstić information content (AvgIpc) is 2.30. The maximum Gasteiger partial charge on any atom is 0.209 e. The lowest BCUT2D eigenvalue weighted by molar-refractivity contribution is -0.131. The zero-order valence-corrected chi connectivity index (χ0v) is 9.92. The van der Waals surface area contributed by atoms with Crippen LogP contribution in [0, 0.1) is 5.82 Å². The Balaban J connectivity index is 2.10. The summed E-state index contributed by atoms with van der Waals surface area (Å²) in [6.07, 6.45) is 0.399. The predicted octanol–water partition coefficient (Wildman–Crippen LogP) is 0.322. The zero-order valence-electron chi connectivity index (χ0n) is 9.92. The number of carbonyl (C=O) groups is 1. The van der Waals surface area contributed by atoms with Crippen LogP contribution in [0.3, 0.4) is 0 Å². The molecule has 1 aliphatic heterocycles. The van der Waals surface area contributed by atoms with Crippen molar-refractivity contribution in [1.82, 2.24) is 4.90 Å². The first kappa shape index (κ1) is 13.0. The van der Waals surface area contributed by atoms with Gasteiger partial charge in [-0.1, -0.05) is 12.1 Å². The molecule has 98 valence electrons. The molecule has 1 aromatic rings. The van der Waals surface area contributed by atoms with Crippen molar-refractivity contribution in [3.8, 4) is 0 Å². The second-order valence-corrected chi connectivity index (χ2v) is 4.92. The van der Waals surface area contributed by atoms with Gasteiger partial charge in [0.25, 0.3) is 0 Å². The molecule has 1 heterocycles. The van der Waals surface area contributed by atoms with Crippen LogP contribution < -0.4 is 0 Å². The first-order valence-corrected chi connectivity index (χ1v) is 5.85. The minimum absolute atomic E-state index is 0.185. The van der Waals surface area contributed by atoms with Crippen molar-refractivity contribution in [2.45, 2.75) is 24.5 Å². The molecular formula is C13H16FNO3. The van der Waals surface area contributed by atoms with Gasteiger partial charge in [0.1, 0.15) is 5.82 Å². The fourth-order valence-corrected chi connectivity index (χ4v) is 2.47. The minimum Gasteiger partial charge on any atom is -0.391 e. The molecule has 1 saturated heterocycles. The van der Waals surface area contributed by atoms with Crippen molar-refractivity contribution < 1.29 is 19.4 Å². The van der Waals surface area contributed by atoms with E-state index >= 15 is 0 Å². The van der Waals surface area contributed by atoms with Crippen LogP contribution in [0.2, 0.25) is 0 Å². The summed E-state index contributed by atoms with van der Waals surface area (Å²) in [7, 11) is 0. The van der Waals surface area contributed by atoms with Crippen LogP contribution in [-0.4, -0.2) is 46.3 Å². The highest BCUT2D eigenvalue weighted by Gasteiger charge is 2.37. The highest BCUT2D eigenvalue weighted by atomic mass is 19.1. The van der Waals surface area contributed by atoms with Gasteiger partial charge >= 0.3 is 0 Å². The summed E-state index contributed by atoms with van der Waals surface area (Å²) >= 11 is 0. The minimum atomic E-state index is -1.16. The molecule has 0 bridgehead atoms. The molecule has 1 aliphatic rings. The molecule has 2 rings (SSSR count). The molecule has 1 amide bonds. The monoisotopic (exact) mass is 253 g/mol. The van der Waals surface area contributed by atoms with E-state index in [1.807, 2.05) is 0 Å². The molecule has 0 aliphatic carbocycles. The highest BCUT2D eigenvalue weighted by Crippen LogP contribution is 2.25. The number of amides is 1. The smallest absolute Gasteiger partial charge is 0.209 e. The van der Waals surface area contributed by atoms with E-state index in [0.29, 0.717) is 6.41 Å². The van der Waals surface area contributed by atoms with E-state index in [-0.39, 0.29) is 31.7 Å². The maximum atomic E-state index is 12.8. The van der Waals surface area contributed by atoms with Crippen molar-refractivity contribution >= 4 is 6.41 Å². The number of β-amino-alcohol motifs (C(OH)–C–C–N with tert-alkyl or cyclic N) is 2. The fourth-order valence-electron chi connectivity index (χ4n) is 2.47. The quantitative estimate of drug-likeness (QED) is 0.763. The third-order valence-electron chi connectivity index (χ3n) is 3.15. The van der Waals surface area contributed by atoms with E-state index in [1.165, 1.54) is 17.0 Å². The van der Waals surface area contributed by atoms with Gasteiger partial charge < -0.3 is 15.1 Å². The van der Waals surface area contributed by atoms with Gasteiger partial charge in [-0.2, -0.15) is 0 Å². The molecule has 0 radical (unpaired) electrons. The molecule has 2 N–H and O–H groups in total. The predicted molar refractivity (Wildman–Crippen MR) is 63.3 cm³/mol. The van der Waals surface area contributed by atoms with Crippen molar-refractivity contribution in [3.05, 3.63) is 35.6 Å². The van der Waals surface area contributed by atoms with Crippen LogP contribution >= 0.6 is 0 Å². The van der Waals surface area contributed by atoms with Crippen molar-refractivity contribution in [2.75, 3.05) is 13.1 Å². The average molecular weight is 253 g/mol.